The van der Waals surface area contributed by atoms with Crippen molar-refractivity contribution < 1.29 is 14.1 Å². The van der Waals surface area contributed by atoms with E-state index >= 15 is 0 Å². The predicted molar refractivity (Wildman–Crippen MR) is 85.4 cm³/mol. The molecule has 0 bridgehead atoms. The highest BCUT2D eigenvalue weighted by Crippen LogP contribution is 2.25. The van der Waals surface area contributed by atoms with E-state index in [2.05, 4.69) is 21.2 Å². The molecule has 106 valence electrons. The first-order chi connectivity index (χ1) is 8.76. The summed E-state index contributed by atoms with van der Waals surface area (Å²) in [5, 5.41) is 12.0. The zero-order valence-corrected chi connectivity index (χ0v) is 14.1. The van der Waals surface area contributed by atoms with Crippen molar-refractivity contribution in [3.63, 3.8) is 0 Å². The van der Waals surface area contributed by atoms with E-state index in [0.717, 1.165) is 0 Å². The monoisotopic (exact) mass is 385 g/mol. The number of anilines is 1. The van der Waals surface area contributed by atoms with Crippen LogP contribution in [0.4, 0.5) is 5.69 Å². The molecule has 0 amide bonds. The zero-order chi connectivity index (χ0) is 14.6. The van der Waals surface area contributed by atoms with Crippen LogP contribution in [0.5, 0.6) is 0 Å². The number of alkyl halides is 1. The lowest BCUT2D eigenvalue weighted by Gasteiger charge is -2.13. The highest BCUT2D eigenvalue weighted by molar-refractivity contribution is 9.10. The first-order valence-corrected chi connectivity index (χ1v) is 9.45. The lowest BCUT2D eigenvalue weighted by atomic mass is 10.1. The molecule has 0 radical (unpaired) electrons. The predicted octanol–water partition coefficient (Wildman–Crippen LogP) is 2.81. The molecule has 19 heavy (non-hydrogen) atoms. The smallest absolute Gasteiger partial charge is 0.336 e. The summed E-state index contributed by atoms with van der Waals surface area (Å²) in [7, 11) is -2.47. The molecule has 0 aromatic heterocycles. The molecule has 0 saturated heterocycles. The van der Waals surface area contributed by atoms with Gasteiger partial charge in [-0.1, -0.05) is 15.9 Å². The summed E-state index contributed by atoms with van der Waals surface area (Å²) in [6, 6.07) is 3.25. The Balaban J connectivity index is 2.99. The van der Waals surface area contributed by atoms with Gasteiger partial charge in [-0.15, -0.1) is 11.6 Å². The second-order valence-corrected chi connectivity index (χ2v) is 9.19. The van der Waals surface area contributed by atoms with Gasteiger partial charge in [-0.05, 0) is 35.8 Å². The first-order valence-electron chi connectivity index (χ1n) is 5.30. The Morgan fingerprint density at radius 3 is 2.74 bits per heavy atom. The molecular formula is C11H13BrClNO3S2. The van der Waals surface area contributed by atoms with Crippen LogP contribution in [-0.2, 0) is 19.7 Å². The highest BCUT2D eigenvalue weighted by atomic mass is 79.9. The summed E-state index contributed by atoms with van der Waals surface area (Å²) in [5.41, 5.74) is 1.36. The van der Waals surface area contributed by atoms with Crippen molar-refractivity contribution in [3.8, 4) is 0 Å². The van der Waals surface area contributed by atoms with Gasteiger partial charge in [0.15, 0.2) is 0 Å². The van der Waals surface area contributed by atoms with Crippen molar-refractivity contribution in [1.82, 2.24) is 0 Å². The van der Waals surface area contributed by atoms with Crippen LogP contribution in [0.1, 0.15) is 15.9 Å². The molecule has 4 nitrogen and oxygen atoms in total. The lowest BCUT2D eigenvalue weighted by Crippen LogP contribution is -2.18. The second-order valence-electron chi connectivity index (χ2n) is 3.89. The highest BCUT2D eigenvalue weighted by Gasteiger charge is 2.13. The molecule has 0 spiro atoms. The summed E-state index contributed by atoms with van der Waals surface area (Å²) < 4.78 is 12.5. The Morgan fingerprint density at radius 2 is 2.21 bits per heavy atom. The largest absolute Gasteiger partial charge is 0.478 e. The molecule has 8 heteroatoms. The fourth-order valence-corrected chi connectivity index (χ4v) is 4.12. The number of rotatable bonds is 6. The summed E-state index contributed by atoms with van der Waals surface area (Å²) in [6.07, 6.45) is 0. The normalized spacial score (nSPS) is 13.8. The molecule has 0 heterocycles. The number of halogens is 2. The number of benzene rings is 1. The van der Waals surface area contributed by atoms with E-state index < -0.39 is 14.5 Å². The van der Waals surface area contributed by atoms with Gasteiger partial charge in [0.25, 0.3) is 0 Å². The molecule has 1 rings (SSSR count). The van der Waals surface area contributed by atoms with Crippen molar-refractivity contribution in [2.75, 3.05) is 22.8 Å². The quantitative estimate of drug-likeness (QED) is 0.736. The zero-order valence-electron chi connectivity index (χ0n) is 10.1. The number of aromatic carboxylic acids is 1. The van der Waals surface area contributed by atoms with Crippen LogP contribution in [0.15, 0.2) is 16.6 Å². The van der Waals surface area contributed by atoms with Gasteiger partial charge in [-0.3, -0.25) is 4.21 Å². The van der Waals surface area contributed by atoms with Crippen molar-refractivity contribution >= 4 is 58.9 Å². The standard InChI is InChI=1S/C11H13BrClNO3S2/c1-7-9(11(15)16)4-8(12)5-10(7)14-6-19(17,18)3-2-13/h4-5,14H,2-3,6H2,1H3,(H,15,16). The van der Waals surface area contributed by atoms with Crippen molar-refractivity contribution in [2.24, 2.45) is 0 Å². The molecular weight excluding hydrogens is 374 g/mol. The maximum atomic E-state index is 11.9. The van der Waals surface area contributed by atoms with Crippen LogP contribution >= 0.6 is 27.5 Å². The van der Waals surface area contributed by atoms with E-state index in [9.17, 15) is 9.00 Å². The van der Waals surface area contributed by atoms with Gasteiger partial charge in [0.1, 0.15) is 0 Å². The number of hydrogen-bond acceptors (Lipinski definition) is 4. The molecule has 1 unspecified atom stereocenters. The van der Waals surface area contributed by atoms with Crippen LogP contribution in [-0.4, -0.2) is 32.8 Å². The Hall–Kier alpha value is -0.370. The number of carbonyl (C=O) groups is 1. The van der Waals surface area contributed by atoms with E-state index in [4.69, 9.17) is 27.9 Å². The molecule has 0 aliphatic rings. The van der Waals surface area contributed by atoms with Gasteiger partial charge < -0.3 is 10.4 Å². The summed E-state index contributed by atoms with van der Waals surface area (Å²) in [5.74, 6) is -0.440. The third-order valence-corrected chi connectivity index (χ3v) is 5.61. The average molecular weight is 387 g/mol. The lowest BCUT2D eigenvalue weighted by molar-refractivity contribution is 0.0696. The van der Waals surface area contributed by atoms with Crippen LogP contribution in [0.2, 0.25) is 0 Å². The number of carboxylic acid groups (broad SMARTS) is 1. The summed E-state index contributed by atoms with van der Waals surface area (Å²) in [6.45, 7) is 1.69. The molecule has 2 N–H and O–H groups in total. The molecule has 0 aliphatic heterocycles. The topological polar surface area (TPSA) is 66.4 Å². The Labute approximate surface area is 130 Å². The van der Waals surface area contributed by atoms with Crippen LogP contribution in [0.25, 0.3) is 0 Å². The van der Waals surface area contributed by atoms with E-state index in [1.165, 1.54) is 6.07 Å². The van der Waals surface area contributed by atoms with Gasteiger partial charge in [-0.25, -0.2) is 4.79 Å². The Bertz CT molecular complexity index is 590. The minimum atomic E-state index is -2.47. The molecule has 1 aromatic carbocycles. The van der Waals surface area contributed by atoms with Gasteiger partial charge in [0.2, 0.25) is 0 Å². The third-order valence-electron chi connectivity index (χ3n) is 2.47. The third kappa shape index (κ3) is 4.91. The number of carboxylic acids is 1. The summed E-state index contributed by atoms with van der Waals surface area (Å²) >= 11 is 13.7. The van der Waals surface area contributed by atoms with Crippen molar-refractivity contribution in [3.05, 3.63) is 27.7 Å². The second kappa shape index (κ2) is 6.88. The van der Waals surface area contributed by atoms with Crippen LogP contribution < -0.4 is 5.32 Å². The van der Waals surface area contributed by atoms with Gasteiger partial charge in [-0.2, -0.15) is 0 Å². The number of hydrogen-bond donors (Lipinski definition) is 2. The molecule has 1 atom stereocenters. The molecule has 1 aromatic rings. The number of nitrogens with one attached hydrogen (secondary N) is 1. The van der Waals surface area contributed by atoms with Gasteiger partial charge >= 0.3 is 5.97 Å². The fraction of sp³-hybridized carbons (Fsp3) is 0.364. The molecule has 0 saturated carbocycles. The maximum Gasteiger partial charge on any atom is 0.336 e. The minimum Gasteiger partial charge on any atom is -0.478 e. The van der Waals surface area contributed by atoms with Crippen molar-refractivity contribution in [1.29, 1.82) is 0 Å². The fourth-order valence-electron chi connectivity index (χ4n) is 1.46. The first kappa shape index (κ1) is 16.7. The Kier molecular flexibility index (Phi) is 6.04. The van der Waals surface area contributed by atoms with E-state index in [0.29, 0.717) is 15.7 Å². The molecule has 0 aliphatic carbocycles. The van der Waals surface area contributed by atoms with E-state index in [1.807, 2.05) is 0 Å². The van der Waals surface area contributed by atoms with Crippen LogP contribution in [0.3, 0.4) is 0 Å². The Morgan fingerprint density at radius 1 is 1.58 bits per heavy atom. The average Bonchev–Trinajstić information content (AvgIpc) is 2.29. The minimum absolute atomic E-state index is 0.0887. The van der Waals surface area contributed by atoms with Gasteiger partial charge in [0.05, 0.1) is 19.9 Å². The summed E-state index contributed by atoms with van der Waals surface area (Å²) in [4.78, 5) is 11.1. The van der Waals surface area contributed by atoms with Crippen LogP contribution in [0, 0.1) is 6.92 Å². The maximum absolute atomic E-state index is 11.9. The van der Waals surface area contributed by atoms with Gasteiger partial charge in [0, 0.05) is 21.8 Å². The molecule has 0 fully saturated rings. The van der Waals surface area contributed by atoms with E-state index in [-0.39, 0.29) is 23.1 Å². The van der Waals surface area contributed by atoms with Crippen molar-refractivity contribution in [2.45, 2.75) is 6.92 Å². The van der Waals surface area contributed by atoms with E-state index in [1.54, 1.807) is 13.0 Å². The SMILES string of the molecule is Cc1c(NCS(=O)(=S)CCCl)cc(Br)cc1C(=O)O.